The molecule has 2 amide bonds. The Morgan fingerprint density at radius 3 is 2.58 bits per heavy atom. The number of anilines is 2. The van der Waals surface area contributed by atoms with Gasteiger partial charge in [-0.25, -0.2) is 4.39 Å². The molecule has 1 aliphatic rings. The number of nitrogens with zero attached hydrogens (tertiary/aromatic N) is 1. The molecule has 1 saturated heterocycles. The van der Waals surface area contributed by atoms with Gasteiger partial charge >= 0.3 is 0 Å². The second-order valence-electron chi connectivity index (χ2n) is 8.85. The number of hydrogen-bond acceptors (Lipinski definition) is 4. The Morgan fingerprint density at radius 1 is 0.972 bits per heavy atom. The van der Waals surface area contributed by atoms with E-state index in [9.17, 15) is 14.0 Å². The number of benzene rings is 3. The summed E-state index contributed by atoms with van der Waals surface area (Å²) in [5, 5.41) is 9.89. The van der Waals surface area contributed by atoms with E-state index in [2.05, 4.69) is 25.8 Å². The van der Waals surface area contributed by atoms with Crippen LogP contribution < -0.4 is 20.9 Å². The van der Waals surface area contributed by atoms with Crippen LogP contribution in [0.4, 0.5) is 15.8 Å². The van der Waals surface area contributed by atoms with Crippen LogP contribution >= 0.6 is 0 Å². The van der Waals surface area contributed by atoms with Gasteiger partial charge in [-0.15, -0.1) is 0 Å². The first kappa shape index (κ1) is 23.6. The molecule has 184 valence electrons. The molecule has 1 aromatic heterocycles. The lowest BCUT2D eigenvalue weighted by atomic mass is 10.0. The third kappa shape index (κ3) is 5.23. The maximum atomic E-state index is 14.2. The molecular formula is C28H28FN5O2. The fourth-order valence-corrected chi connectivity index (χ4v) is 4.59. The van der Waals surface area contributed by atoms with Gasteiger partial charge in [-0.05, 0) is 42.0 Å². The second kappa shape index (κ2) is 10.6. The van der Waals surface area contributed by atoms with Crippen LogP contribution in [-0.4, -0.2) is 49.0 Å². The van der Waals surface area contributed by atoms with Crippen LogP contribution in [-0.2, 0) is 11.2 Å². The largest absolute Gasteiger partial charge is 0.367 e. The van der Waals surface area contributed by atoms with Gasteiger partial charge in [0.1, 0.15) is 11.9 Å². The van der Waals surface area contributed by atoms with Gasteiger partial charge in [-0.3, -0.25) is 9.59 Å². The van der Waals surface area contributed by atoms with Crippen LogP contribution in [0.3, 0.4) is 0 Å². The van der Waals surface area contributed by atoms with E-state index in [0.29, 0.717) is 17.7 Å². The standard InChI is InChI=1S/C28H28FN5O2/c29-20-9-10-26(34-15-13-30-14-16-34)24(18-20)32-28(36)25(17-19-5-2-1-3-6-19)33-27(35)22-7-4-8-23-21(22)11-12-31-23/h1-12,18,25,30-31H,13-17H2,(H,32,36)(H,33,35). The molecule has 4 aromatic rings. The molecule has 36 heavy (non-hydrogen) atoms. The van der Waals surface area contributed by atoms with Crippen LogP contribution in [0.1, 0.15) is 15.9 Å². The van der Waals surface area contributed by atoms with Crippen molar-refractivity contribution >= 4 is 34.1 Å². The molecule has 0 saturated carbocycles. The highest BCUT2D eigenvalue weighted by molar-refractivity contribution is 6.08. The minimum Gasteiger partial charge on any atom is -0.367 e. The van der Waals surface area contributed by atoms with E-state index in [-0.39, 0.29) is 5.91 Å². The van der Waals surface area contributed by atoms with E-state index in [4.69, 9.17) is 0 Å². The number of piperazine rings is 1. The van der Waals surface area contributed by atoms with E-state index in [0.717, 1.165) is 48.3 Å². The molecule has 0 bridgehead atoms. The van der Waals surface area contributed by atoms with Crippen LogP contribution in [0.5, 0.6) is 0 Å². The van der Waals surface area contributed by atoms with Crippen molar-refractivity contribution in [2.75, 3.05) is 36.4 Å². The van der Waals surface area contributed by atoms with Gasteiger partial charge in [0, 0.05) is 55.3 Å². The van der Waals surface area contributed by atoms with E-state index >= 15 is 0 Å². The van der Waals surface area contributed by atoms with Crippen molar-refractivity contribution in [3.63, 3.8) is 0 Å². The zero-order valence-corrected chi connectivity index (χ0v) is 19.8. The van der Waals surface area contributed by atoms with Crippen molar-refractivity contribution < 1.29 is 14.0 Å². The van der Waals surface area contributed by atoms with E-state index < -0.39 is 17.8 Å². The number of rotatable bonds is 7. The molecule has 0 spiro atoms. The Kier molecular flexibility index (Phi) is 6.95. The molecule has 0 aliphatic carbocycles. The van der Waals surface area contributed by atoms with Crippen molar-refractivity contribution in [2.45, 2.75) is 12.5 Å². The summed E-state index contributed by atoms with van der Waals surface area (Å²) in [6, 6.07) is 20.3. The van der Waals surface area contributed by atoms with Gasteiger partial charge in [0.05, 0.1) is 11.4 Å². The lowest BCUT2D eigenvalue weighted by Crippen LogP contribution is -2.46. The van der Waals surface area contributed by atoms with Crippen molar-refractivity contribution in [1.82, 2.24) is 15.6 Å². The SMILES string of the molecule is O=C(NC(Cc1ccccc1)C(=O)Nc1cc(F)ccc1N1CCNCC1)c1cccc2[nH]ccc12. The molecular weight excluding hydrogens is 457 g/mol. The van der Waals surface area contributed by atoms with Crippen molar-refractivity contribution in [3.8, 4) is 0 Å². The average molecular weight is 486 g/mol. The van der Waals surface area contributed by atoms with Crippen molar-refractivity contribution in [1.29, 1.82) is 0 Å². The lowest BCUT2D eigenvalue weighted by Gasteiger charge is -2.31. The molecule has 3 aromatic carbocycles. The van der Waals surface area contributed by atoms with Gasteiger partial charge < -0.3 is 25.8 Å². The molecule has 1 fully saturated rings. The first-order valence-corrected chi connectivity index (χ1v) is 12.1. The first-order chi connectivity index (χ1) is 17.6. The molecule has 8 heteroatoms. The molecule has 1 atom stereocenters. The van der Waals surface area contributed by atoms with E-state index in [1.165, 1.54) is 12.1 Å². The number of aromatic nitrogens is 1. The number of hydrogen-bond donors (Lipinski definition) is 4. The topological polar surface area (TPSA) is 89.3 Å². The Morgan fingerprint density at radius 2 is 1.78 bits per heavy atom. The van der Waals surface area contributed by atoms with E-state index in [1.54, 1.807) is 24.4 Å². The monoisotopic (exact) mass is 485 g/mol. The van der Waals surface area contributed by atoms with Crippen LogP contribution in [0.2, 0.25) is 0 Å². The van der Waals surface area contributed by atoms with Gasteiger partial charge in [0.25, 0.3) is 5.91 Å². The Labute approximate surface area is 208 Å². The lowest BCUT2D eigenvalue weighted by molar-refractivity contribution is -0.118. The summed E-state index contributed by atoms with van der Waals surface area (Å²) in [7, 11) is 0. The zero-order valence-electron chi connectivity index (χ0n) is 19.8. The fraction of sp³-hybridized carbons (Fsp3) is 0.214. The van der Waals surface area contributed by atoms with Gasteiger partial charge in [0.15, 0.2) is 0 Å². The summed E-state index contributed by atoms with van der Waals surface area (Å²) in [4.78, 5) is 32.1. The Hall–Kier alpha value is -4.17. The molecule has 7 nitrogen and oxygen atoms in total. The normalized spacial score (nSPS) is 14.4. The highest BCUT2D eigenvalue weighted by Crippen LogP contribution is 2.28. The summed E-state index contributed by atoms with van der Waals surface area (Å²) in [5.74, 6) is -1.19. The smallest absolute Gasteiger partial charge is 0.252 e. The maximum Gasteiger partial charge on any atom is 0.252 e. The fourth-order valence-electron chi connectivity index (χ4n) is 4.59. The van der Waals surface area contributed by atoms with Crippen LogP contribution in [0, 0.1) is 5.82 Å². The summed E-state index contributed by atoms with van der Waals surface area (Å²) in [6.45, 7) is 3.11. The van der Waals surface area contributed by atoms with Gasteiger partial charge in [0.2, 0.25) is 5.91 Å². The predicted octanol–water partition coefficient (Wildman–Crippen LogP) is 3.70. The predicted molar refractivity (Wildman–Crippen MR) is 140 cm³/mol. The number of carbonyl (C=O) groups is 2. The third-order valence-corrected chi connectivity index (χ3v) is 6.42. The zero-order chi connectivity index (χ0) is 24.9. The second-order valence-corrected chi connectivity index (χ2v) is 8.85. The highest BCUT2D eigenvalue weighted by atomic mass is 19.1. The summed E-state index contributed by atoms with van der Waals surface area (Å²) < 4.78 is 14.2. The molecule has 2 heterocycles. The summed E-state index contributed by atoms with van der Waals surface area (Å²) in [6.07, 6.45) is 2.07. The number of fused-ring (bicyclic) bond motifs is 1. The number of H-pyrrole nitrogens is 1. The van der Waals surface area contributed by atoms with Crippen molar-refractivity contribution in [3.05, 3.63) is 95.9 Å². The Bertz CT molecular complexity index is 1360. The third-order valence-electron chi connectivity index (χ3n) is 6.42. The van der Waals surface area contributed by atoms with E-state index in [1.807, 2.05) is 42.5 Å². The highest BCUT2D eigenvalue weighted by Gasteiger charge is 2.25. The Balaban J connectivity index is 1.42. The van der Waals surface area contributed by atoms with Gasteiger partial charge in [-0.1, -0.05) is 36.4 Å². The minimum atomic E-state index is -0.867. The number of nitrogens with one attached hydrogen (secondary N) is 4. The summed E-state index contributed by atoms with van der Waals surface area (Å²) in [5.41, 5.74) is 3.37. The number of carbonyl (C=O) groups excluding carboxylic acids is 2. The van der Waals surface area contributed by atoms with Crippen LogP contribution in [0.15, 0.2) is 79.0 Å². The maximum absolute atomic E-state index is 14.2. The van der Waals surface area contributed by atoms with Gasteiger partial charge in [-0.2, -0.15) is 0 Å². The average Bonchev–Trinajstić information content (AvgIpc) is 3.39. The number of halogens is 1. The molecule has 1 unspecified atom stereocenters. The number of amides is 2. The molecule has 0 radical (unpaired) electrons. The van der Waals surface area contributed by atoms with Crippen LogP contribution in [0.25, 0.3) is 10.9 Å². The van der Waals surface area contributed by atoms with Crippen molar-refractivity contribution in [2.24, 2.45) is 0 Å². The molecule has 4 N–H and O–H groups in total. The number of aromatic amines is 1. The molecule has 5 rings (SSSR count). The molecule has 1 aliphatic heterocycles. The first-order valence-electron chi connectivity index (χ1n) is 12.1. The summed E-state index contributed by atoms with van der Waals surface area (Å²) >= 11 is 0. The minimum absolute atomic E-state index is 0.291. The quantitative estimate of drug-likeness (QED) is 0.321.